The Bertz CT molecular complexity index is 441. The fraction of sp³-hybridized carbons (Fsp3) is 0.533. The maximum Gasteiger partial charge on any atom is 0.314 e. The summed E-state index contributed by atoms with van der Waals surface area (Å²) in [7, 11) is 1.71. The first-order chi connectivity index (χ1) is 8.39. The Labute approximate surface area is 108 Å². The molecule has 0 amide bonds. The average Bonchev–Trinajstić information content (AvgIpc) is 3.11. The third-order valence-corrected chi connectivity index (χ3v) is 3.85. The monoisotopic (exact) mass is 248 g/mol. The Morgan fingerprint density at radius 2 is 1.89 bits per heavy atom. The quantitative estimate of drug-likeness (QED) is 0.871. The molecule has 2 rings (SSSR count). The third-order valence-electron chi connectivity index (χ3n) is 3.85. The second kappa shape index (κ2) is 4.39. The predicted molar refractivity (Wildman–Crippen MR) is 69.8 cm³/mol. The number of hydrogen-bond acceptors (Lipinski definition) is 2. The van der Waals surface area contributed by atoms with E-state index in [9.17, 15) is 9.90 Å². The Balaban J connectivity index is 2.14. The van der Waals surface area contributed by atoms with Crippen molar-refractivity contribution in [1.29, 1.82) is 0 Å². The molecule has 0 aromatic heterocycles. The van der Waals surface area contributed by atoms with E-state index in [4.69, 9.17) is 4.74 Å². The number of benzene rings is 1. The van der Waals surface area contributed by atoms with Crippen LogP contribution < -0.4 is 0 Å². The highest BCUT2D eigenvalue weighted by Crippen LogP contribution is 2.48. The van der Waals surface area contributed by atoms with Crippen LogP contribution in [-0.2, 0) is 21.4 Å². The fourth-order valence-electron chi connectivity index (χ4n) is 2.26. The SMILES string of the molecule is COC(C)(C)Cc1ccc(C2(C(=O)O)CC2)cc1. The van der Waals surface area contributed by atoms with Crippen molar-refractivity contribution in [2.45, 2.75) is 44.1 Å². The summed E-state index contributed by atoms with van der Waals surface area (Å²) in [5.74, 6) is -0.701. The summed E-state index contributed by atoms with van der Waals surface area (Å²) in [6, 6.07) is 7.92. The molecule has 0 spiro atoms. The minimum Gasteiger partial charge on any atom is -0.481 e. The number of rotatable bonds is 5. The molecule has 1 aromatic carbocycles. The van der Waals surface area contributed by atoms with Gasteiger partial charge >= 0.3 is 5.97 Å². The Hall–Kier alpha value is -1.35. The Morgan fingerprint density at radius 3 is 2.28 bits per heavy atom. The van der Waals surface area contributed by atoms with E-state index in [0.29, 0.717) is 0 Å². The van der Waals surface area contributed by atoms with Crippen LogP contribution in [0, 0.1) is 0 Å². The zero-order valence-corrected chi connectivity index (χ0v) is 11.2. The number of carboxylic acids is 1. The first kappa shape index (κ1) is 13.1. The van der Waals surface area contributed by atoms with Gasteiger partial charge in [0.2, 0.25) is 0 Å². The van der Waals surface area contributed by atoms with Crippen molar-refractivity contribution in [3.05, 3.63) is 35.4 Å². The maximum atomic E-state index is 11.2. The molecule has 1 aliphatic rings. The molecular formula is C15H20O3. The van der Waals surface area contributed by atoms with Crippen molar-refractivity contribution in [3.63, 3.8) is 0 Å². The second-order valence-corrected chi connectivity index (χ2v) is 5.72. The van der Waals surface area contributed by atoms with Crippen molar-refractivity contribution in [2.75, 3.05) is 7.11 Å². The minimum absolute atomic E-state index is 0.189. The van der Waals surface area contributed by atoms with Crippen molar-refractivity contribution >= 4 is 5.97 Å². The zero-order valence-electron chi connectivity index (χ0n) is 11.2. The molecule has 98 valence electrons. The van der Waals surface area contributed by atoms with Gasteiger partial charge in [0.15, 0.2) is 0 Å². The highest BCUT2D eigenvalue weighted by atomic mass is 16.5. The molecule has 18 heavy (non-hydrogen) atoms. The molecule has 3 nitrogen and oxygen atoms in total. The first-order valence-corrected chi connectivity index (χ1v) is 6.28. The molecule has 0 saturated heterocycles. The van der Waals surface area contributed by atoms with Crippen LogP contribution in [0.15, 0.2) is 24.3 Å². The fourth-order valence-corrected chi connectivity index (χ4v) is 2.26. The van der Waals surface area contributed by atoms with Crippen LogP contribution in [0.5, 0.6) is 0 Å². The lowest BCUT2D eigenvalue weighted by atomic mass is 9.92. The van der Waals surface area contributed by atoms with Gasteiger partial charge in [-0.3, -0.25) is 4.79 Å². The molecule has 1 N–H and O–H groups in total. The number of carboxylic acid groups (broad SMARTS) is 1. The van der Waals surface area contributed by atoms with Crippen molar-refractivity contribution in [1.82, 2.24) is 0 Å². The van der Waals surface area contributed by atoms with Crippen LogP contribution in [0.1, 0.15) is 37.8 Å². The molecule has 3 heteroatoms. The molecule has 0 radical (unpaired) electrons. The molecular weight excluding hydrogens is 228 g/mol. The van der Waals surface area contributed by atoms with Crippen LogP contribution in [0.25, 0.3) is 0 Å². The van der Waals surface area contributed by atoms with E-state index in [0.717, 1.165) is 24.8 Å². The lowest BCUT2D eigenvalue weighted by molar-refractivity contribution is -0.140. The van der Waals surface area contributed by atoms with Crippen LogP contribution in [0.3, 0.4) is 0 Å². The minimum atomic E-state index is -0.701. The van der Waals surface area contributed by atoms with E-state index in [1.807, 2.05) is 38.1 Å². The maximum absolute atomic E-state index is 11.2. The summed E-state index contributed by atoms with van der Waals surface area (Å²) < 4.78 is 5.40. The van der Waals surface area contributed by atoms with E-state index in [-0.39, 0.29) is 5.60 Å². The van der Waals surface area contributed by atoms with E-state index < -0.39 is 11.4 Å². The molecule has 1 aliphatic carbocycles. The molecule has 0 unspecified atom stereocenters. The van der Waals surface area contributed by atoms with Gasteiger partial charge < -0.3 is 9.84 Å². The summed E-state index contributed by atoms with van der Waals surface area (Å²) in [4.78, 5) is 11.2. The molecule has 0 aliphatic heterocycles. The highest BCUT2D eigenvalue weighted by Gasteiger charge is 2.51. The van der Waals surface area contributed by atoms with Gasteiger partial charge in [-0.15, -0.1) is 0 Å². The number of hydrogen-bond donors (Lipinski definition) is 1. The van der Waals surface area contributed by atoms with Crippen molar-refractivity contribution in [3.8, 4) is 0 Å². The topological polar surface area (TPSA) is 46.5 Å². The Kier molecular flexibility index (Phi) is 3.20. The summed E-state index contributed by atoms with van der Waals surface area (Å²) >= 11 is 0. The number of ether oxygens (including phenoxy) is 1. The van der Waals surface area contributed by atoms with Gasteiger partial charge in [-0.05, 0) is 37.8 Å². The van der Waals surface area contributed by atoms with Gasteiger partial charge in [0.1, 0.15) is 0 Å². The smallest absolute Gasteiger partial charge is 0.314 e. The van der Waals surface area contributed by atoms with Crippen molar-refractivity contribution in [2.24, 2.45) is 0 Å². The lowest BCUT2D eigenvalue weighted by Gasteiger charge is -2.23. The third kappa shape index (κ3) is 2.41. The largest absolute Gasteiger partial charge is 0.481 e. The van der Waals surface area contributed by atoms with Gasteiger partial charge in [0.05, 0.1) is 11.0 Å². The van der Waals surface area contributed by atoms with Gasteiger partial charge in [0, 0.05) is 13.5 Å². The lowest BCUT2D eigenvalue weighted by Crippen LogP contribution is -2.25. The molecule has 0 bridgehead atoms. The summed E-state index contributed by atoms with van der Waals surface area (Å²) in [6.07, 6.45) is 2.33. The van der Waals surface area contributed by atoms with Crippen LogP contribution >= 0.6 is 0 Å². The van der Waals surface area contributed by atoms with Gasteiger partial charge in [0.25, 0.3) is 0 Å². The molecule has 1 fully saturated rings. The van der Waals surface area contributed by atoms with Crippen LogP contribution in [-0.4, -0.2) is 23.8 Å². The van der Waals surface area contributed by atoms with Crippen molar-refractivity contribution < 1.29 is 14.6 Å². The number of aliphatic carboxylic acids is 1. The molecule has 1 aromatic rings. The number of carbonyl (C=O) groups is 1. The van der Waals surface area contributed by atoms with Crippen LogP contribution in [0.4, 0.5) is 0 Å². The second-order valence-electron chi connectivity index (χ2n) is 5.72. The zero-order chi connectivity index (χ0) is 13.4. The summed E-state index contributed by atoms with van der Waals surface area (Å²) in [6.45, 7) is 4.08. The highest BCUT2D eigenvalue weighted by molar-refractivity contribution is 5.84. The molecule has 0 atom stereocenters. The van der Waals surface area contributed by atoms with E-state index >= 15 is 0 Å². The Morgan fingerprint density at radius 1 is 1.33 bits per heavy atom. The number of methoxy groups -OCH3 is 1. The normalized spacial score (nSPS) is 17.5. The van der Waals surface area contributed by atoms with Gasteiger partial charge in [-0.1, -0.05) is 24.3 Å². The van der Waals surface area contributed by atoms with E-state index in [1.165, 1.54) is 5.56 Å². The molecule has 1 saturated carbocycles. The van der Waals surface area contributed by atoms with Gasteiger partial charge in [-0.2, -0.15) is 0 Å². The van der Waals surface area contributed by atoms with E-state index in [2.05, 4.69) is 0 Å². The molecule has 0 heterocycles. The average molecular weight is 248 g/mol. The first-order valence-electron chi connectivity index (χ1n) is 6.28. The standard InChI is InChI=1S/C15H20O3/c1-14(2,18-3)10-11-4-6-12(7-5-11)15(8-9-15)13(16)17/h4-7H,8-10H2,1-3H3,(H,16,17). The summed E-state index contributed by atoms with van der Waals surface area (Å²) in [5.41, 5.74) is 1.31. The van der Waals surface area contributed by atoms with Gasteiger partial charge in [-0.25, -0.2) is 0 Å². The summed E-state index contributed by atoms with van der Waals surface area (Å²) in [5, 5.41) is 9.23. The van der Waals surface area contributed by atoms with Crippen LogP contribution in [0.2, 0.25) is 0 Å². The van der Waals surface area contributed by atoms with E-state index in [1.54, 1.807) is 7.11 Å². The predicted octanol–water partition coefficient (Wildman–Crippen LogP) is 2.77.